The number of hydrogen-bond donors (Lipinski definition) is 3. The molecule has 7 heteroatoms. The van der Waals surface area contributed by atoms with Gasteiger partial charge in [-0.25, -0.2) is 0 Å². The lowest BCUT2D eigenvalue weighted by molar-refractivity contribution is -0.113. The highest BCUT2D eigenvalue weighted by atomic mass is 16.5. The number of rotatable bonds is 4. The van der Waals surface area contributed by atoms with Crippen LogP contribution in [-0.4, -0.2) is 55.0 Å². The number of benzene rings is 1. The summed E-state index contributed by atoms with van der Waals surface area (Å²) >= 11 is 0. The molecule has 0 spiro atoms. The van der Waals surface area contributed by atoms with Gasteiger partial charge in [-0.2, -0.15) is 5.10 Å². The molecule has 5 atom stereocenters. The predicted octanol–water partition coefficient (Wildman–Crippen LogP) is 1.78. The van der Waals surface area contributed by atoms with Crippen LogP contribution in [0, 0.1) is 5.92 Å². The van der Waals surface area contributed by atoms with Crippen molar-refractivity contribution in [2.24, 2.45) is 5.92 Å². The van der Waals surface area contributed by atoms with Gasteiger partial charge >= 0.3 is 0 Å². The zero-order valence-electron chi connectivity index (χ0n) is 15.2. The van der Waals surface area contributed by atoms with E-state index in [4.69, 9.17) is 14.9 Å². The van der Waals surface area contributed by atoms with E-state index in [2.05, 4.69) is 4.98 Å². The van der Waals surface area contributed by atoms with Crippen molar-refractivity contribution in [2.75, 3.05) is 6.61 Å². The van der Waals surface area contributed by atoms with Crippen LogP contribution < -0.4 is 0 Å². The Morgan fingerprint density at radius 3 is 2.74 bits per heavy atom. The van der Waals surface area contributed by atoms with Gasteiger partial charge in [-0.05, 0) is 19.1 Å². The standard InChI is InChI=1S/C20H23N3O4/c1-11-8-15(12(2)20(27-11)19(26)16(25)10-24)23-9-14-6-5-13-4-3-7-21-17(13)18(14)22-23/h3-9,12,15-16,19-20,24-26H,10H2,1-2H3/t12-,15+,16?,19?,20-/m1/s1. The summed E-state index contributed by atoms with van der Waals surface area (Å²) in [5, 5.41) is 36.2. The monoisotopic (exact) mass is 369 g/mol. The highest BCUT2D eigenvalue weighted by molar-refractivity contribution is 6.02. The number of allylic oxidation sites excluding steroid dienone is 2. The van der Waals surface area contributed by atoms with Gasteiger partial charge in [0.1, 0.15) is 23.8 Å². The van der Waals surface area contributed by atoms with Crippen LogP contribution in [0.15, 0.2) is 48.5 Å². The van der Waals surface area contributed by atoms with Crippen LogP contribution in [0.5, 0.6) is 0 Å². The van der Waals surface area contributed by atoms with Crippen LogP contribution in [0.2, 0.25) is 0 Å². The maximum atomic E-state index is 10.4. The smallest absolute Gasteiger partial charge is 0.131 e. The second-order valence-corrected chi connectivity index (χ2v) is 7.14. The fourth-order valence-corrected chi connectivity index (χ4v) is 3.77. The summed E-state index contributed by atoms with van der Waals surface area (Å²) in [4.78, 5) is 4.46. The Labute approximate surface area is 156 Å². The van der Waals surface area contributed by atoms with Crippen LogP contribution in [0.25, 0.3) is 21.8 Å². The highest BCUT2D eigenvalue weighted by Gasteiger charge is 2.39. The summed E-state index contributed by atoms with van der Waals surface area (Å²) in [6.07, 6.45) is 2.58. The van der Waals surface area contributed by atoms with E-state index < -0.39 is 24.9 Å². The number of aromatic nitrogens is 3. The molecule has 3 heterocycles. The molecule has 3 aromatic rings. The van der Waals surface area contributed by atoms with E-state index in [0.717, 1.165) is 21.8 Å². The number of aliphatic hydroxyl groups excluding tert-OH is 3. The van der Waals surface area contributed by atoms with Crippen molar-refractivity contribution in [1.82, 2.24) is 14.8 Å². The van der Waals surface area contributed by atoms with Crippen LogP contribution >= 0.6 is 0 Å². The molecule has 1 aromatic carbocycles. The van der Waals surface area contributed by atoms with E-state index in [1.807, 2.05) is 55.1 Å². The summed E-state index contributed by atoms with van der Waals surface area (Å²) in [6.45, 7) is 3.23. The van der Waals surface area contributed by atoms with Gasteiger partial charge in [-0.1, -0.05) is 25.1 Å². The first kappa shape index (κ1) is 17.9. The van der Waals surface area contributed by atoms with E-state index in [0.29, 0.717) is 5.76 Å². The summed E-state index contributed by atoms with van der Waals surface area (Å²) in [6, 6.07) is 7.79. The van der Waals surface area contributed by atoms with Crippen molar-refractivity contribution >= 4 is 21.8 Å². The topological polar surface area (TPSA) is 101 Å². The van der Waals surface area contributed by atoms with Crippen molar-refractivity contribution in [1.29, 1.82) is 0 Å². The number of nitrogens with zero attached hydrogens (tertiary/aromatic N) is 3. The molecule has 142 valence electrons. The lowest BCUT2D eigenvalue weighted by atomic mass is 9.87. The van der Waals surface area contributed by atoms with E-state index in [1.165, 1.54) is 0 Å². The average molecular weight is 369 g/mol. The third kappa shape index (κ3) is 3.07. The second kappa shape index (κ2) is 6.92. The quantitative estimate of drug-likeness (QED) is 0.648. The minimum absolute atomic E-state index is 0.157. The molecule has 7 nitrogen and oxygen atoms in total. The van der Waals surface area contributed by atoms with Gasteiger partial charge in [0.15, 0.2) is 0 Å². The molecule has 0 aliphatic carbocycles. The number of aliphatic hydroxyl groups is 3. The number of pyridine rings is 1. The van der Waals surface area contributed by atoms with Crippen molar-refractivity contribution in [3.63, 3.8) is 0 Å². The maximum Gasteiger partial charge on any atom is 0.131 e. The van der Waals surface area contributed by atoms with Crippen LogP contribution in [0.1, 0.15) is 19.9 Å². The number of hydrogen-bond acceptors (Lipinski definition) is 6. The summed E-state index contributed by atoms with van der Waals surface area (Å²) in [7, 11) is 0. The molecule has 1 aliphatic rings. The third-order valence-corrected chi connectivity index (χ3v) is 5.27. The molecule has 0 saturated carbocycles. The molecule has 0 amide bonds. The van der Waals surface area contributed by atoms with Crippen LogP contribution in [0.4, 0.5) is 0 Å². The van der Waals surface area contributed by atoms with E-state index in [-0.39, 0.29) is 12.0 Å². The maximum absolute atomic E-state index is 10.4. The summed E-state index contributed by atoms with van der Waals surface area (Å²) in [5.41, 5.74) is 1.67. The Kier molecular flexibility index (Phi) is 4.59. The number of ether oxygens (including phenoxy) is 1. The highest BCUT2D eigenvalue weighted by Crippen LogP contribution is 2.35. The third-order valence-electron chi connectivity index (χ3n) is 5.27. The fourth-order valence-electron chi connectivity index (χ4n) is 3.77. The van der Waals surface area contributed by atoms with Gasteiger partial charge in [-0.15, -0.1) is 0 Å². The van der Waals surface area contributed by atoms with Gasteiger partial charge in [0, 0.05) is 29.1 Å². The van der Waals surface area contributed by atoms with Gasteiger partial charge in [0.2, 0.25) is 0 Å². The Bertz CT molecular complexity index is 999. The van der Waals surface area contributed by atoms with Gasteiger partial charge in [0.25, 0.3) is 0 Å². The molecule has 0 saturated heterocycles. The molecular formula is C20H23N3O4. The Hall–Kier alpha value is -2.48. The normalized spacial score (nSPS) is 25.2. The molecule has 2 unspecified atom stereocenters. The van der Waals surface area contributed by atoms with E-state index >= 15 is 0 Å². The van der Waals surface area contributed by atoms with Crippen LogP contribution in [-0.2, 0) is 4.74 Å². The molecule has 1 aliphatic heterocycles. The van der Waals surface area contributed by atoms with Gasteiger partial charge < -0.3 is 20.1 Å². The summed E-state index contributed by atoms with van der Waals surface area (Å²) in [5.74, 6) is 0.480. The first-order valence-corrected chi connectivity index (χ1v) is 9.04. The average Bonchev–Trinajstić information content (AvgIpc) is 3.12. The zero-order chi connectivity index (χ0) is 19.1. The summed E-state index contributed by atoms with van der Waals surface area (Å²) < 4.78 is 7.63. The zero-order valence-corrected chi connectivity index (χ0v) is 15.2. The van der Waals surface area contributed by atoms with Gasteiger partial charge in [-0.3, -0.25) is 9.67 Å². The van der Waals surface area contributed by atoms with E-state index in [1.54, 1.807) is 6.20 Å². The fraction of sp³-hybridized carbons (Fsp3) is 0.400. The second-order valence-electron chi connectivity index (χ2n) is 7.14. The minimum Gasteiger partial charge on any atom is -0.492 e. The molecule has 0 radical (unpaired) electrons. The first-order chi connectivity index (χ1) is 13.0. The molecule has 4 rings (SSSR count). The van der Waals surface area contributed by atoms with E-state index in [9.17, 15) is 10.2 Å². The first-order valence-electron chi connectivity index (χ1n) is 9.04. The molecular weight excluding hydrogens is 346 g/mol. The van der Waals surface area contributed by atoms with Crippen molar-refractivity contribution in [2.45, 2.75) is 38.2 Å². The van der Waals surface area contributed by atoms with Gasteiger partial charge in [0.05, 0.1) is 23.9 Å². The molecule has 0 fully saturated rings. The molecule has 27 heavy (non-hydrogen) atoms. The van der Waals surface area contributed by atoms with Crippen molar-refractivity contribution in [3.05, 3.63) is 48.5 Å². The molecule has 2 aromatic heterocycles. The number of fused-ring (bicyclic) bond motifs is 3. The van der Waals surface area contributed by atoms with Crippen molar-refractivity contribution in [3.8, 4) is 0 Å². The lowest BCUT2D eigenvalue weighted by Gasteiger charge is -2.38. The largest absolute Gasteiger partial charge is 0.492 e. The Morgan fingerprint density at radius 2 is 1.96 bits per heavy atom. The predicted molar refractivity (Wildman–Crippen MR) is 101 cm³/mol. The van der Waals surface area contributed by atoms with Crippen molar-refractivity contribution < 1.29 is 20.1 Å². The SMILES string of the molecule is CC1=C[C@H](n2cc3ccc4cccnc4c3n2)[C@@H](C)[C@H](C(O)C(O)CO)O1. The lowest BCUT2D eigenvalue weighted by Crippen LogP contribution is -2.47. The molecule has 0 bridgehead atoms. The molecule has 3 N–H and O–H groups in total. The Morgan fingerprint density at radius 1 is 1.19 bits per heavy atom. The van der Waals surface area contributed by atoms with Crippen LogP contribution in [0.3, 0.4) is 0 Å². The minimum atomic E-state index is -1.26. The Balaban J connectivity index is 1.75.